The number of carboxylic acid groups (broad SMARTS) is 1. The average Bonchev–Trinajstić information content (AvgIpc) is 2.91. The molecule has 6 nitrogen and oxygen atoms in total. The molecule has 6 unspecified atom stereocenters. The Bertz CT molecular complexity index is 599. The summed E-state index contributed by atoms with van der Waals surface area (Å²) in [6, 6.07) is 0. The van der Waals surface area contributed by atoms with Crippen LogP contribution in [0.2, 0.25) is 0 Å². The third kappa shape index (κ3) is 16.4. The Morgan fingerprint density at radius 2 is 0.949 bits per heavy atom. The van der Waals surface area contributed by atoms with Crippen molar-refractivity contribution >= 4 is 5.97 Å². The third-order valence-electron chi connectivity index (χ3n) is 8.47. The second-order valence-corrected chi connectivity index (χ2v) is 12.5. The molecule has 0 amide bonds. The average molecular weight is 557 g/mol. The molecule has 0 spiro atoms. The van der Waals surface area contributed by atoms with Gasteiger partial charge >= 0.3 is 5.97 Å². The minimum Gasteiger partial charge on any atom is -0.481 e. The first-order valence-electron chi connectivity index (χ1n) is 16.4. The molecule has 0 saturated carbocycles. The molecule has 6 heteroatoms. The lowest BCUT2D eigenvalue weighted by atomic mass is 9.69. The number of hydrogen-bond acceptors (Lipinski definition) is 5. The first-order chi connectivity index (χ1) is 18.7. The van der Waals surface area contributed by atoms with Gasteiger partial charge in [-0.1, -0.05) is 104 Å². The van der Waals surface area contributed by atoms with Crippen LogP contribution < -0.4 is 0 Å². The van der Waals surface area contributed by atoms with Crippen LogP contribution in [-0.2, 0) is 23.7 Å². The van der Waals surface area contributed by atoms with Gasteiger partial charge in [-0.05, 0) is 46.5 Å². The van der Waals surface area contributed by atoms with Gasteiger partial charge in [0.15, 0.2) is 0 Å². The second kappa shape index (κ2) is 22.0. The van der Waals surface area contributed by atoms with E-state index in [0.29, 0.717) is 39.3 Å². The molecule has 1 heterocycles. The summed E-state index contributed by atoms with van der Waals surface area (Å²) in [7, 11) is 0. The summed E-state index contributed by atoms with van der Waals surface area (Å²) in [6.07, 6.45) is 18.9. The number of carboxylic acids is 1. The van der Waals surface area contributed by atoms with Crippen molar-refractivity contribution in [2.75, 3.05) is 26.4 Å². The van der Waals surface area contributed by atoms with Gasteiger partial charge in [-0.15, -0.1) is 0 Å². The summed E-state index contributed by atoms with van der Waals surface area (Å²) in [5.41, 5.74) is -0.866. The van der Waals surface area contributed by atoms with Gasteiger partial charge in [0.2, 0.25) is 0 Å². The fourth-order valence-corrected chi connectivity index (χ4v) is 5.67. The number of unbranched alkanes of at least 4 members (excludes halogenated alkanes) is 13. The lowest BCUT2D eigenvalue weighted by molar-refractivity contribution is -0.160. The summed E-state index contributed by atoms with van der Waals surface area (Å²) in [5.74, 6) is -0.850. The zero-order chi connectivity index (χ0) is 28.9. The first kappa shape index (κ1) is 36.3. The Morgan fingerprint density at radius 1 is 0.590 bits per heavy atom. The Balaban J connectivity index is 2.53. The Kier molecular flexibility index (Phi) is 20.5. The number of hydrogen-bond donors (Lipinski definition) is 1. The zero-order valence-electron chi connectivity index (χ0n) is 26.5. The summed E-state index contributed by atoms with van der Waals surface area (Å²) in [4.78, 5) is 12.8. The number of carbonyl (C=O) groups is 1. The molecule has 0 aliphatic carbocycles. The van der Waals surface area contributed by atoms with Crippen molar-refractivity contribution in [3.63, 3.8) is 0 Å². The highest BCUT2D eigenvalue weighted by atomic mass is 16.6. The van der Waals surface area contributed by atoms with Crippen LogP contribution in [-0.4, -0.2) is 61.9 Å². The lowest BCUT2D eigenvalue weighted by Gasteiger charge is -2.38. The SMILES string of the molecule is CCCCCCCCCCCCCCCCC1(C(=O)O)CC(C)OCC(C)OCC(C)OCC(C)OCC1C. The van der Waals surface area contributed by atoms with Crippen LogP contribution >= 0.6 is 0 Å². The maximum atomic E-state index is 12.8. The minimum absolute atomic E-state index is 0.0306. The standard InChI is InChI=1S/C33H64O6/c1-7-8-9-10-11-12-13-14-15-16-17-18-19-20-21-33(32(34)35)22-28(3)37-24-30(5)39-26-31(6)38-25-29(4)36-23-27(33)2/h27-31H,7-26H2,1-6H3,(H,34,35). The molecule has 1 saturated heterocycles. The minimum atomic E-state index is -0.866. The zero-order valence-corrected chi connectivity index (χ0v) is 26.5. The summed E-state index contributed by atoms with van der Waals surface area (Å²) < 4.78 is 24.0. The van der Waals surface area contributed by atoms with E-state index in [-0.39, 0.29) is 30.3 Å². The van der Waals surface area contributed by atoms with Gasteiger partial charge < -0.3 is 24.1 Å². The van der Waals surface area contributed by atoms with Gasteiger partial charge in [0.1, 0.15) is 0 Å². The van der Waals surface area contributed by atoms with Gasteiger partial charge in [0.25, 0.3) is 0 Å². The van der Waals surface area contributed by atoms with Crippen molar-refractivity contribution in [1.82, 2.24) is 0 Å². The highest BCUT2D eigenvalue weighted by Crippen LogP contribution is 2.40. The molecule has 39 heavy (non-hydrogen) atoms. The van der Waals surface area contributed by atoms with E-state index in [1.165, 1.54) is 77.0 Å². The molecule has 6 atom stereocenters. The van der Waals surface area contributed by atoms with Crippen molar-refractivity contribution in [1.29, 1.82) is 0 Å². The van der Waals surface area contributed by atoms with Gasteiger partial charge in [-0.3, -0.25) is 4.79 Å². The molecule has 0 radical (unpaired) electrons. The van der Waals surface area contributed by atoms with Crippen LogP contribution in [0, 0.1) is 11.3 Å². The Morgan fingerprint density at radius 3 is 1.36 bits per heavy atom. The van der Waals surface area contributed by atoms with E-state index in [9.17, 15) is 9.90 Å². The van der Waals surface area contributed by atoms with Crippen molar-refractivity contribution in [2.24, 2.45) is 11.3 Å². The van der Waals surface area contributed by atoms with E-state index in [0.717, 1.165) is 12.8 Å². The van der Waals surface area contributed by atoms with Crippen molar-refractivity contribution in [3.8, 4) is 0 Å². The molecular weight excluding hydrogens is 492 g/mol. The molecular formula is C33H64O6. The molecule has 0 aromatic rings. The molecule has 1 N–H and O–H groups in total. The number of ether oxygens (including phenoxy) is 4. The van der Waals surface area contributed by atoms with Crippen LogP contribution in [0.5, 0.6) is 0 Å². The van der Waals surface area contributed by atoms with E-state index in [2.05, 4.69) is 6.92 Å². The van der Waals surface area contributed by atoms with E-state index < -0.39 is 11.4 Å². The fourth-order valence-electron chi connectivity index (χ4n) is 5.67. The highest BCUT2D eigenvalue weighted by Gasteiger charge is 2.44. The Hall–Kier alpha value is -0.690. The molecule has 0 bridgehead atoms. The van der Waals surface area contributed by atoms with Crippen molar-refractivity contribution in [3.05, 3.63) is 0 Å². The third-order valence-corrected chi connectivity index (χ3v) is 8.47. The number of aliphatic carboxylic acids is 1. The predicted molar refractivity (Wildman–Crippen MR) is 160 cm³/mol. The molecule has 1 aliphatic heterocycles. The van der Waals surface area contributed by atoms with Gasteiger partial charge in [-0.2, -0.15) is 0 Å². The lowest BCUT2D eigenvalue weighted by Crippen LogP contribution is -2.43. The van der Waals surface area contributed by atoms with Gasteiger partial charge in [0, 0.05) is 0 Å². The molecule has 0 aromatic heterocycles. The van der Waals surface area contributed by atoms with Gasteiger partial charge in [0.05, 0.1) is 56.3 Å². The van der Waals surface area contributed by atoms with Gasteiger partial charge in [-0.25, -0.2) is 0 Å². The van der Waals surface area contributed by atoms with E-state index in [1.807, 2.05) is 34.6 Å². The molecule has 0 aromatic carbocycles. The predicted octanol–water partition coefficient (Wildman–Crippen LogP) is 8.59. The van der Waals surface area contributed by atoms with Crippen LogP contribution in [0.25, 0.3) is 0 Å². The van der Waals surface area contributed by atoms with E-state index in [4.69, 9.17) is 18.9 Å². The molecule has 232 valence electrons. The number of rotatable bonds is 16. The van der Waals surface area contributed by atoms with Crippen LogP contribution in [0.15, 0.2) is 0 Å². The summed E-state index contributed by atoms with van der Waals surface area (Å²) in [6.45, 7) is 14.1. The van der Waals surface area contributed by atoms with Crippen molar-refractivity contribution < 1.29 is 28.8 Å². The quantitative estimate of drug-likeness (QED) is 0.192. The van der Waals surface area contributed by atoms with Crippen LogP contribution in [0.3, 0.4) is 0 Å². The Labute approximate surface area is 241 Å². The summed E-state index contributed by atoms with van der Waals surface area (Å²) >= 11 is 0. The topological polar surface area (TPSA) is 74.2 Å². The molecule has 1 fully saturated rings. The maximum Gasteiger partial charge on any atom is 0.310 e. The van der Waals surface area contributed by atoms with Crippen LogP contribution in [0.1, 0.15) is 144 Å². The molecule has 1 rings (SSSR count). The molecule has 1 aliphatic rings. The second-order valence-electron chi connectivity index (χ2n) is 12.5. The summed E-state index contributed by atoms with van der Waals surface area (Å²) in [5, 5.41) is 10.5. The highest BCUT2D eigenvalue weighted by molar-refractivity contribution is 5.75. The normalized spacial score (nSPS) is 29.9. The van der Waals surface area contributed by atoms with Crippen molar-refractivity contribution in [2.45, 2.75) is 169 Å². The van der Waals surface area contributed by atoms with E-state index in [1.54, 1.807) is 0 Å². The fraction of sp³-hybridized carbons (Fsp3) is 0.970. The first-order valence-corrected chi connectivity index (χ1v) is 16.4. The smallest absolute Gasteiger partial charge is 0.310 e. The van der Waals surface area contributed by atoms with E-state index >= 15 is 0 Å². The largest absolute Gasteiger partial charge is 0.481 e. The maximum absolute atomic E-state index is 12.8. The monoisotopic (exact) mass is 556 g/mol. The van der Waals surface area contributed by atoms with Crippen LogP contribution in [0.4, 0.5) is 0 Å².